The van der Waals surface area contributed by atoms with Crippen molar-refractivity contribution in [2.75, 3.05) is 0 Å². The van der Waals surface area contributed by atoms with Crippen LogP contribution in [0.2, 0.25) is 0 Å². The molecule has 24 heavy (non-hydrogen) atoms. The van der Waals surface area contributed by atoms with Crippen molar-refractivity contribution < 1.29 is 14.3 Å². The Labute approximate surface area is 139 Å². The van der Waals surface area contributed by atoms with Gasteiger partial charge in [-0.15, -0.1) is 0 Å². The molecule has 0 radical (unpaired) electrons. The summed E-state index contributed by atoms with van der Waals surface area (Å²) in [6.07, 6.45) is 0. The summed E-state index contributed by atoms with van der Waals surface area (Å²) in [5.74, 6) is -1.53. The van der Waals surface area contributed by atoms with Crippen molar-refractivity contribution in [2.24, 2.45) is 0 Å². The van der Waals surface area contributed by atoms with Gasteiger partial charge in [0, 0.05) is 0 Å². The van der Waals surface area contributed by atoms with Crippen LogP contribution in [0.15, 0.2) is 51.7 Å². The molecule has 3 aromatic rings. The van der Waals surface area contributed by atoms with Crippen molar-refractivity contribution in [3.8, 4) is 0 Å². The Hall–Kier alpha value is -2.82. The lowest BCUT2D eigenvalue weighted by molar-refractivity contribution is 0.0697. The van der Waals surface area contributed by atoms with E-state index in [1.165, 1.54) is 28.3 Å². The number of carboxylic acids is 1. The van der Waals surface area contributed by atoms with Gasteiger partial charge in [0.15, 0.2) is 5.58 Å². The maximum Gasteiger partial charge on any atom is 0.420 e. The van der Waals surface area contributed by atoms with Crippen LogP contribution >= 0.6 is 0 Å². The number of carbonyl (C=O) groups is 1. The number of hydrogen-bond acceptors (Lipinski definition) is 3. The topological polar surface area (TPSA) is 72.4 Å². The van der Waals surface area contributed by atoms with E-state index in [-0.39, 0.29) is 11.0 Å². The molecule has 1 heterocycles. The molecule has 1 aromatic heterocycles. The zero-order valence-electron chi connectivity index (χ0n) is 13.9. The molecular weight excluding hydrogens is 306 g/mol. The molecule has 0 amide bonds. The minimum Gasteiger partial charge on any atom is -0.478 e. The van der Waals surface area contributed by atoms with Gasteiger partial charge in [0.2, 0.25) is 0 Å². The highest BCUT2D eigenvalue weighted by Crippen LogP contribution is 2.23. The highest BCUT2D eigenvalue weighted by Gasteiger charge is 2.15. The molecule has 1 N–H and O–H groups in total. The molecule has 0 bridgehead atoms. The zero-order chi connectivity index (χ0) is 17.5. The van der Waals surface area contributed by atoms with Gasteiger partial charge >= 0.3 is 11.7 Å². The Bertz CT molecular complexity index is 956. The van der Waals surface area contributed by atoms with Crippen molar-refractivity contribution in [2.45, 2.75) is 32.7 Å². The second-order valence-corrected chi connectivity index (χ2v) is 6.89. The molecule has 5 heteroatoms. The molecule has 0 unspecified atom stereocenters. The summed E-state index contributed by atoms with van der Waals surface area (Å²) in [4.78, 5) is 23.2. The summed E-state index contributed by atoms with van der Waals surface area (Å²) in [7, 11) is 0. The first-order valence-corrected chi connectivity index (χ1v) is 7.72. The maximum atomic E-state index is 12.1. The Balaban J connectivity index is 2.00. The molecule has 0 saturated heterocycles. The van der Waals surface area contributed by atoms with Gasteiger partial charge in [-0.3, -0.25) is 4.57 Å². The molecule has 0 fully saturated rings. The van der Waals surface area contributed by atoms with E-state index in [4.69, 9.17) is 9.52 Å². The summed E-state index contributed by atoms with van der Waals surface area (Å²) in [6.45, 7) is 6.76. The molecule has 5 nitrogen and oxygen atoms in total. The van der Waals surface area contributed by atoms with Gasteiger partial charge in [0.25, 0.3) is 0 Å². The first-order valence-electron chi connectivity index (χ1n) is 7.72. The highest BCUT2D eigenvalue weighted by molar-refractivity contribution is 5.91. The zero-order valence-corrected chi connectivity index (χ0v) is 13.9. The quantitative estimate of drug-likeness (QED) is 0.798. The average molecular weight is 325 g/mol. The van der Waals surface area contributed by atoms with Crippen LogP contribution < -0.4 is 5.76 Å². The second-order valence-electron chi connectivity index (χ2n) is 6.89. The van der Waals surface area contributed by atoms with Crippen LogP contribution in [0.5, 0.6) is 0 Å². The minimum absolute atomic E-state index is 0.0636. The van der Waals surface area contributed by atoms with Gasteiger partial charge < -0.3 is 9.52 Å². The summed E-state index contributed by atoms with van der Waals surface area (Å²) in [6, 6.07) is 12.5. The van der Waals surface area contributed by atoms with Crippen LogP contribution in [-0.2, 0) is 12.0 Å². The molecule has 3 rings (SSSR count). The Morgan fingerprint density at radius 3 is 2.38 bits per heavy atom. The van der Waals surface area contributed by atoms with Crippen LogP contribution in [0, 0.1) is 0 Å². The molecule has 0 aliphatic heterocycles. The summed E-state index contributed by atoms with van der Waals surface area (Å²) < 4.78 is 6.65. The number of fused-ring (bicyclic) bond motifs is 1. The molecule has 2 aromatic carbocycles. The van der Waals surface area contributed by atoms with Gasteiger partial charge in [0.05, 0.1) is 17.6 Å². The first kappa shape index (κ1) is 16.1. The van der Waals surface area contributed by atoms with Crippen LogP contribution in [0.25, 0.3) is 11.1 Å². The van der Waals surface area contributed by atoms with Crippen molar-refractivity contribution in [3.63, 3.8) is 0 Å². The fourth-order valence-electron chi connectivity index (χ4n) is 2.64. The minimum atomic E-state index is -1.04. The molecule has 0 spiro atoms. The number of rotatable bonds is 3. The standard InChI is InChI=1S/C19H19NO4/c1-19(2,3)14-7-4-12(5-8-14)11-20-15-10-13(17(21)22)6-9-16(15)24-18(20)23/h4-10H,11H2,1-3H3,(H,21,22). The lowest BCUT2D eigenvalue weighted by atomic mass is 9.87. The van der Waals surface area contributed by atoms with Gasteiger partial charge in [0.1, 0.15) is 0 Å². The number of oxazole rings is 1. The smallest absolute Gasteiger partial charge is 0.420 e. The van der Waals surface area contributed by atoms with Crippen molar-refractivity contribution in [3.05, 3.63) is 69.7 Å². The van der Waals surface area contributed by atoms with Crippen molar-refractivity contribution >= 4 is 17.1 Å². The molecule has 124 valence electrons. The van der Waals surface area contributed by atoms with Crippen LogP contribution in [0.4, 0.5) is 0 Å². The highest BCUT2D eigenvalue weighted by atomic mass is 16.4. The van der Waals surface area contributed by atoms with E-state index in [2.05, 4.69) is 20.8 Å². The summed E-state index contributed by atoms with van der Waals surface area (Å²) in [5, 5.41) is 9.12. The summed E-state index contributed by atoms with van der Waals surface area (Å²) >= 11 is 0. The van der Waals surface area contributed by atoms with Crippen molar-refractivity contribution in [1.82, 2.24) is 4.57 Å². The predicted molar refractivity (Wildman–Crippen MR) is 91.7 cm³/mol. The Morgan fingerprint density at radius 2 is 1.79 bits per heavy atom. The van der Waals surface area contributed by atoms with Gasteiger partial charge in [-0.05, 0) is 34.7 Å². The summed E-state index contributed by atoms with van der Waals surface area (Å²) in [5.41, 5.74) is 3.22. The Kier molecular flexibility index (Phi) is 3.79. The number of hydrogen-bond donors (Lipinski definition) is 1. The SMILES string of the molecule is CC(C)(C)c1ccc(Cn2c(=O)oc3ccc(C(=O)O)cc32)cc1. The molecular formula is C19H19NO4. The van der Waals surface area contributed by atoms with Gasteiger partial charge in [-0.1, -0.05) is 45.0 Å². The number of aromatic carboxylic acids is 1. The predicted octanol–water partition coefficient (Wildman–Crippen LogP) is 3.64. The number of aromatic nitrogens is 1. The normalized spacial score (nSPS) is 11.8. The molecule has 0 saturated carbocycles. The third kappa shape index (κ3) is 2.97. The first-order chi connectivity index (χ1) is 11.3. The maximum absolute atomic E-state index is 12.1. The molecule has 0 aliphatic carbocycles. The van der Waals surface area contributed by atoms with E-state index >= 15 is 0 Å². The monoisotopic (exact) mass is 325 g/mol. The number of carboxylic acid groups (broad SMARTS) is 1. The van der Waals surface area contributed by atoms with Crippen LogP contribution in [0.3, 0.4) is 0 Å². The van der Waals surface area contributed by atoms with Crippen LogP contribution in [-0.4, -0.2) is 15.6 Å². The van der Waals surface area contributed by atoms with Crippen molar-refractivity contribution in [1.29, 1.82) is 0 Å². The second kappa shape index (κ2) is 5.67. The third-order valence-electron chi connectivity index (χ3n) is 4.07. The fourth-order valence-corrected chi connectivity index (χ4v) is 2.64. The van der Waals surface area contributed by atoms with E-state index in [9.17, 15) is 9.59 Å². The van der Waals surface area contributed by atoms with E-state index in [1.807, 2.05) is 24.3 Å². The third-order valence-corrected chi connectivity index (χ3v) is 4.07. The lowest BCUT2D eigenvalue weighted by Gasteiger charge is -2.19. The average Bonchev–Trinajstić information content (AvgIpc) is 2.82. The van der Waals surface area contributed by atoms with Gasteiger partial charge in [-0.2, -0.15) is 0 Å². The van der Waals surface area contributed by atoms with E-state index < -0.39 is 11.7 Å². The fraction of sp³-hybridized carbons (Fsp3) is 0.263. The molecule has 0 aliphatic rings. The van der Waals surface area contributed by atoms with Crippen LogP contribution in [0.1, 0.15) is 42.3 Å². The Morgan fingerprint density at radius 1 is 1.12 bits per heavy atom. The number of benzene rings is 2. The van der Waals surface area contributed by atoms with E-state index in [1.54, 1.807) is 0 Å². The van der Waals surface area contributed by atoms with E-state index in [0.29, 0.717) is 17.6 Å². The molecule has 0 atom stereocenters. The number of nitrogens with zero attached hydrogens (tertiary/aromatic N) is 1. The van der Waals surface area contributed by atoms with E-state index in [0.717, 1.165) is 5.56 Å². The largest absolute Gasteiger partial charge is 0.478 e. The lowest BCUT2D eigenvalue weighted by Crippen LogP contribution is -2.15. The van der Waals surface area contributed by atoms with Gasteiger partial charge in [-0.25, -0.2) is 9.59 Å².